The Kier molecular flexibility index (Phi) is 3.21. The van der Waals surface area contributed by atoms with E-state index in [2.05, 4.69) is 16.5 Å². The molecule has 0 aliphatic carbocycles. The SMILES string of the molecule is Cc1nn(C)c(Nc2ccc(F)cc2Cl)c1C#N. The molecule has 0 saturated heterocycles. The molecule has 18 heavy (non-hydrogen) atoms. The molecule has 6 heteroatoms. The zero-order valence-corrected chi connectivity index (χ0v) is 10.6. The minimum atomic E-state index is -0.410. The molecule has 0 bridgehead atoms. The summed E-state index contributed by atoms with van der Waals surface area (Å²) in [6.45, 7) is 1.75. The van der Waals surface area contributed by atoms with Crippen LogP contribution in [0.2, 0.25) is 5.02 Å². The van der Waals surface area contributed by atoms with Crippen molar-refractivity contribution >= 4 is 23.1 Å². The summed E-state index contributed by atoms with van der Waals surface area (Å²) < 4.78 is 14.5. The first-order valence-corrected chi connectivity index (χ1v) is 5.56. The summed E-state index contributed by atoms with van der Waals surface area (Å²) in [5.74, 6) is 0.121. The van der Waals surface area contributed by atoms with Crippen molar-refractivity contribution < 1.29 is 4.39 Å². The summed E-state index contributed by atoms with van der Waals surface area (Å²) in [5, 5.41) is 16.4. The lowest BCUT2D eigenvalue weighted by molar-refractivity contribution is 0.628. The fraction of sp³-hybridized carbons (Fsp3) is 0.167. The quantitative estimate of drug-likeness (QED) is 0.907. The first-order chi connectivity index (χ1) is 8.52. The molecule has 0 aliphatic heterocycles. The van der Waals surface area contributed by atoms with Crippen molar-refractivity contribution in [2.45, 2.75) is 6.92 Å². The molecule has 4 nitrogen and oxygen atoms in total. The predicted octanol–water partition coefficient (Wildman–Crippen LogP) is 3.14. The molecule has 0 spiro atoms. The highest BCUT2D eigenvalue weighted by molar-refractivity contribution is 6.33. The van der Waals surface area contributed by atoms with E-state index in [4.69, 9.17) is 16.9 Å². The van der Waals surface area contributed by atoms with Gasteiger partial charge in [0.25, 0.3) is 0 Å². The minimum Gasteiger partial charge on any atom is -0.338 e. The molecule has 0 amide bonds. The number of hydrogen-bond donors (Lipinski definition) is 1. The van der Waals surface area contributed by atoms with Gasteiger partial charge in [0.15, 0.2) is 0 Å². The molecule has 0 radical (unpaired) electrons. The van der Waals surface area contributed by atoms with Crippen LogP contribution in [0, 0.1) is 24.1 Å². The summed E-state index contributed by atoms with van der Waals surface area (Å²) in [4.78, 5) is 0. The smallest absolute Gasteiger partial charge is 0.146 e. The Morgan fingerprint density at radius 1 is 1.50 bits per heavy atom. The van der Waals surface area contributed by atoms with Crippen molar-refractivity contribution in [1.29, 1.82) is 5.26 Å². The van der Waals surface area contributed by atoms with E-state index in [-0.39, 0.29) is 5.02 Å². The molecule has 0 unspecified atom stereocenters. The van der Waals surface area contributed by atoms with Gasteiger partial charge in [-0.25, -0.2) is 4.39 Å². The number of nitrogens with one attached hydrogen (secondary N) is 1. The molecule has 1 aromatic carbocycles. The second-order valence-electron chi connectivity index (χ2n) is 3.79. The highest BCUT2D eigenvalue weighted by atomic mass is 35.5. The van der Waals surface area contributed by atoms with Crippen LogP contribution in [-0.2, 0) is 7.05 Å². The second kappa shape index (κ2) is 4.67. The van der Waals surface area contributed by atoms with Gasteiger partial charge >= 0.3 is 0 Å². The Balaban J connectivity index is 2.43. The van der Waals surface area contributed by atoms with Crippen LogP contribution in [0.15, 0.2) is 18.2 Å². The molecule has 2 aromatic rings. The van der Waals surface area contributed by atoms with Gasteiger partial charge in [0, 0.05) is 7.05 Å². The number of halogens is 2. The average molecular weight is 265 g/mol. The van der Waals surface area contributed by atoms with Gasteiger partial charge in [-0.05, 0) is 25.1 Å². The topological polar surface area (TPSA) is 53.6 Å². The van der Waals surface area contributed by atoms with Gasteiger partial charge in [0.2, 0.25) is 0 Å². The van der Waals surface area contributed by atoms with Gasteiger partial charge in [-0.15, -0.1) is 0 Å². The molecular formula is C12H10ClFN4. The van der Waals surface area contributed by atoms with Gasteiger partial charge in [-0.1, -0.05) is 11.6 Å². The Bertz CT molecular complexity index is 642. The number of rotatable bonds is 2. The van der Waals surface area contributed by atoms with Crippen molar-refractivity contribution in [3.8, 4) is 6.07 Å². The number of benzene rings is 1. The highest BCUT2D eigenvalue weighted by Crippen LogP contribution is 2.28. The number of nitrogens with zero attached hydrogens (tertiary/aromatic N) is 3. The Labute approximate surface area is 109 Å². The molecule has 1 heterocycles. The number of nitriles is 1. The lowest BCUT2D eigenvalue weighted by Gasteiger charge is -2.08. The Hall–Kier alpha value is -2.06. The lowest BCUT2D eigenvalue weighted by Crippen LogP contribution is -2.01. The van der Waals surface area contributed by atoms with Gasteiger partial charge in [-0.2, -0.15) is 10.4 Å². The zero-order chi connectivity index (χ0) is 13.3. The number of aryl methyl sites for hydroxylation is 2. The van der Waals surface area contributed by atoms with E-state index in [1.165, 1.54) is 18.2 Å². The number of aromatic nitrogens is 2. The van der Waals surface area contributed by atoms with E-state index >= 15 is 0 Å². The van der Waals surface area contributed by atoms with Crippen LogP contribution in [0.1, 0.15) is 11.3 Å². The van der Waals surface area contributed by atoms with E-state index in [1.54, 1.807) is 18.7 Å². The van der Waals surface area contributed by atoms with Crippen LogP contribution in [-0.4, -0.2) is 9.78 Å². The van der Waals surface area contributed by atoms with Crippen LogP contribution in [0.5, 0.6) is 0 Å². The maximum absolute atomic E-state index is 12.9. The third-order valence-electron chi connectivity index (χ3n) is 2.52. The highest BCUT2D eigenvalue weighted by Gasteiger charge is 2.14. The van der Waals surface area contributed by atoms with Gasteiger partial charge in [0.1, 0.15) is 23.3 Å². The van der Waals surface area contributed by atoms with Crippen molar-refractivity contribution in [3.05, 3.63) is 40.3 Å². The molecular weight excluding hydrogens is 255 g/mol. The molecule has 0 fully saturated rings. The van der Waals surface area contributed by atoms with Gasteiger partial charge in [0.05, 0.1) is 16.4 Å². The first-order valence-electron chi connectivity index (χ1n) is 5.18. The van der Waals surface area contributed by atoms with Crippen molar-refractivity contribution in [2.24, 2.45) is 7.05 Å². The zero-order valence-electron chi connectivity index (χ0n) is 9.83. The molecule has 92 valence electrons. The standard InChI is InChI=1S/C12H10ClFN4/c1-7-9(6-15)12(18(2)17-7)16-11-4-3-8(14)5-10(11)13/h3-5,16H,1-2H3. The van der Waals surface area contributed by atoms with Gasteiger partial charge < -0.3 is 5.32 Å². The maximum atomic E-state index is 12.9. The summed E-state index contributed by atoms with van der Waals surface area (Å²) in [5.41, 5.74) is 1.59. The number of anilines is 2. The fourth-order valence-electron chi connectivity index (χ4n) is 1.65. The molecule has 1 aromatic heterocycles. The molecule has 0 aliphatic rings. The van der Waals surface area contributed by atoms with Crippen LogP contribution in [0.25, 0.3) is 0 Å². The Morgan fingerprint density at radius 2 is 2.22 bits per heavy atom. The summed E-state index contributed by atoms with van der Waals surface area (Å²) in [7, 11) is 1.72. The van der Waals surface area contributed by atoms with E-state index in [0.29, 0.717) is 22.8 Å². The van der Waals surface area contributed by atoms with Crippen LogP contribution in [0.3, 0.4) is 0 Å². The second-order valence-corrected chi connectivity index (χ2v) is 4.20. The van der Waals surface area contributed by atoms with Gasteiger partial charge in [-0.3, -0.25) is 4.68 Å². The van der Waals surface area contributed by atoms with E-state index in [1.807, 2.05) is 0 Å². The average Bonchev–Trinajstić information content (AvgIpc) is 2.57. The van der Waals surface area contributed by atoms with Crippen molar-refractivity contribution in [3.63, 3.8) is 0 Å². The van der Waals surface area contributed by atoms with Crippen LogP contribution < -0.4 is 5.32 Å². The summed E-state index contributed by atoms with van der Waals surface area (Å²) >= 11 is 5.92. The van der Waals surface area contributed by atoms with Crippen LogP contribution in [0.4, 0.5) is 15.9 Å². The number of hydrogen-bond acceptors (Lipinski definition) is 3. The maximum Gasteiger partial charge on any atom is 0.146 e. The van der Waals surface area contributed by atoms with E-state index < -0.39 is 5.82 Å². The van der Waals surface area contributed by atoms with Crippen LogP contribution >= 0.6 is 11.6 Å². The molecule has 1 N–H and O–H groups in total. The normalized spacial score (nSPS) is 10.2. The fourth-order valence-corrected chi connectivity index (χ4v) is 1.87. The molecule has 2 rings (SSSR count). The summed E-state index contributed by atoms with van der Waals surface area (Å²) in [6.07, 6.45) is 0. The van der Waals surface area contributed by atoms with Crippen molar-refractivity contribution in [1.82, 2.24) is 9.78 Å². The lowest BCUT2D eigenvalue weighted by atomic mass is 10.2. The summed E-state index contributed by atoms with van der Waals surface area (Å²) in [6, 6.07) is 6.09. The third kappa shape index (κ3) is 2.15. The predicted molar refractivity (Wildman–Crippen MR) is 67.4 cm³/mol. The molecule has 0 saturated carbocycles. The minimum absolute atomic E-state index is 0.248. The van der Waals surface area contributed by atoms with E-state index in [0.717, 1.165) is 0 Å². The van der Waals surface area contributed by atoms with E-state index in [9.17, 15) is 4.39 Å². The largest absolute Gasteiger partial charge is 0.338 e. The van der Waals surface area contributed by atoms with Crippen molar-refractivity contribution in [2.75, 3.05) is 5.32 Å². The Morgan fingerprint density at radius 3 is 2.83 bits per heavy atom. The third-order valence-corrected chi connectivity index (χ3v) is 2.83. The molecule has 0 atom stereocenters. The monoisotopic (exact) mass is 264 g/mol. The first kappa shape index (κ1) is 12.4.